The lowest BCUT2D eigenvalue weighted by Crippen LogP contribution is -2.26. The number of hydrogen-bond acceptors (Lipinski definition) is 4. The topological polar surface area (TPSA) is 74.6 Å². The number of aliphatic hydroxyl groups excluding tert-OH is 2. The van der Waals surface area contributed by atoms with Gasteiger partial charge in [0.05, 0.1) is 4.90 Å². The summed E-state index contributed by atoms with van der Waals surface area (Å²) in [5, 5.41) is 18.4. The van der Waals surface area contributed by atoms with Crippen molar-refractivity contribution >= 4 is 9.84 Å². The number of halogens is 5. The van der Waals surface area contributed by atoms with E-state index in [2.05, 4.69) is 0 Å². The summed E-state index contributed by atoms with van der Waals surface area (Å²) in [4.78, 5) is -1.37. The van der Waals surface area contributed by atoms with E-state index in [1.807, 2.05) is 0 Å². The Labute approximate surface area is 122 Å². The lowest BCUT2D eigenvalue weighted by molar-refractivity contribution is -0.0978. The fourth-order valence-electron chi connectivity index (χ4n) is 2.45. The Kier molecular flexibility index (Phi) is 3.99. The molecule has 1 aromatic rings. The highest BCUT2D eigenvalue weighted by atomic mass is 32.2. The second-order valence-corrected chi connectivity index (χ2v) is 6.79. The van der Waals surface area contributed by atoms with Crippen LogP contribution in [0.5, 0.6) is 0 Å². The predicted molar refractivity (Wildman–Crippen MR) is 64.1 cm³/mol. The van der Waals surface area contributed by atoms with Crippen molar-refractivity contribution in [1.29, 1.82) is 0 Å². The molecule has 4 nitrogen and oxygen atoms in total. The summed E-state index contributed by atoms with van der Waals surface area (Å²) in [6, 6.07) is 1.49. The van der Waals surface area contributed by atoms with Gasteiger partial charge in [0.15, 0.2) is 0 Å². The van der Waals surface area contributed by atoms with Gasteiger partial charge in [0.2, 0.25) is 0 Å². The van der Waals surface area contributed by atoms with E-state index >= 15 is 0 Å². The molecule has 0 amide bonds. The molecule has 1 aliphatic rings. The minimum atomic E-state index is -5.87. The number of alkyl halides is 5. The predicted octanol–water partition coefficient (Wildman–Crippen LogP) is 1.74. The van der Waals surface area contributed by atoms with Crippen molar-refractivity contribution in [3.05, 3.63) is 28.8 Å². The largest absolute Gasteiger partial charge is 0.501 e. The first-order valence-corrected chi connectivity index (χ1v) is 7.54. The minimum absolute atomic E-state index is 0.0786. The SMILES string of the molecule is O=S(=O)(c1ccc(CCO)c2c1[C@H](O)C(F)(F)C2)C(F)(F)F. The number of hydrogen-bond donors (Lipinski definition) is 2. The van der Waals surface area contributed by atoms with Crippen LogP contribution in [0.1, 0.15) is 22.8 Å². The molecule has 124 valence electrons. The summed E-state index contributed by atoms with van der Waals surface area (Å²) in [6.45, 7) is -0.459. The van der Waals surface area contributed by atoms with E-state index in [0.717, 1.165) is 6.07 Å². The third-order valence-corrected chi connectivity index (χ3v) is 5.02. The number of aliphatic hydroxyl groups is 2. The molecule has 0 bridgehead atoms. The van der Waals surface area contributed by atoms with Crippen LogP contribution in [0.15, 0.2) is 17.0 Å². The molecule has 0 unspecified atom stereocenters. The van der Waals surface area contributed by atoms with E-state index in [1.165, 1.54) is 0 Å². The average Bonchev–Trinajstić information content (AvgIpc) is 2.61. The Hall–Kier alpha value is -1.26. The molecule has 2 rings (SSSR count). The van der Waals surface area contributed by atoms with Gasteiger partial charge in [-0.15, -0.1) is 0 Å². The molecule has 0 fully saturated rings. The fourth-order valence-corrected chi connectivity index (χ4v) is 3.48. The lowest BCUT2D eigenvalue weighted by Gasteiger charge is -2.17. The molecule has 0 spiro atoms. The summed E-state index contributed by atoms with van der Waals surface area (Å²) < 4.78 is 88.2. The fraction of sp³-hybridized carbons (Fsp3) is 0.500. The van der Waals surface area contributed by atoms with Crippen LogP contribution < -0.4 is 0 Å². The van der Waals surface area contributed by atoms with Crippen LogP contribution in [0.3, 0.4) is 0 Å². The van der Waals surface area contributed by atoms with Crippen LogP contribution in [-0.2, 0) is 22.7 Å². The standard InChI is InChI=1S/C12H11F5O4S/c13-11(14)5-7-6(3-4-18)1-2-8(9(7)10(11)19)22(20,21)12(15,16)17/h1-2,10,18-19H,3-5H2/t10-/m0/s1. The molecule has 1 aliphatic carbocycles. The van der Waals surface area contributed by atoms with Crippen LogP contribution in [0, 0.1) is 0 Å². The highest BCUT2D eigenvalue weighted by molar-refractivity contribution is 7.92. The molecular weight excluding hydrogens is 335 g/mol. The smallest absolute Gasteiger partial charge is 0.396 e. The van der Waals surface area contributed by atoms with Crippen molar-refractivity contribution in [1.82, 2.24) is 0 Å². The minimum Gasteiger partial charge on any atom is -0.396 e. The van der Waals surface area contributed by atoms with Gasteiger partial charge in [-0.05, 0) is 23.6 Å². The van der Waals surface area contributed by atoms with E-state index in [0.29, 0.717) is 6.07 Å². The third kappa shape index (κ3) is 2.48. The number of benzene rings is 1. The second-order valence-electron chi connectivity index (χ2n) is 4.88. The first-order valence-electron chi connectivity index (χ1n) is 6.06. The zero-order valence-electron chi connectivity index (χ0n) is 10.9. The van der Waals surface area contributed by atoms with E-state index < -0.39 is 50.9 Å². The van der Waals surface area contributed by atoms with E-state index in [-0.39, 0.29) is 17.5 Å². The van der Waals surface area contributed by atoms with Gasteiger partial charge in [-0.1, -0.05) is 6.07 Å². The van der Waals surface area contributed by atoms with Crippen molar-refractivity contribution in [2.24, 2.45) is 0 Å². The molecule has 0 saturated heterocycles. The Morgan fingerprint density at radius 3 is 2.36 bits per heavy atom. The molecule has 1 aromatic carbocycles. The molecule has 22 heavy (non-hydrogen) atoms. The molecule has 0 saturated carbocycles. The van der Waals surface area contributed by atoms with Gasteiger partial charge in [-0.2, -0.15) is 13.2 Å². The monoisotopic (exact) mass is 346 g/mol. The maximum Gasteiger partial charge on any atom is 0.501 e. The van der Waals surface area contributed by atoms with Crippen LogP contribution in [-0.4, -0.2) is 36.7 Å². The Balaban J connectivity index is 2.75. The Morgan fingerprint density at radius 1 is 1.27 bits per heavy atom. The molecule has 10 heteroatoms. The van der Waals surface area contributed by atoms with E-state index in [1.54, 1.807) is 0 Å². The second kappa shape index (κ2) is 5.14. The molecule has 0 aromatic heterocycles. The molecule has 0 radical (unpaired) electrons. The number of rotatable bonds is 3. The van der Waals surface area contributed by atoms with Crippen LogP contribution in [0.25, 0.3) is 0 Å². The van der Waals surface area contributed by atoms with Gasteiger partial charge in [-0.3, -0.25) is 0 Å². The average molecular weight is 346 g/mol. The first-order chi connectivity index (χ1) is 9.93. The normalized spacial score (nSPS) is 21.0. The first kappa shape index (κ1) is 17.1. The third-order valence-electron chi connectivity index (χ3n) is 3.48. The summed E-state index contributed by atoms with van der Waals surface area (Å²) >= 11 is 0. The van der Waals surface area contributed by atoms with Crippen molar-refractivity contribution in [2.75, 3.05) is 6.61 Å². The van der Waals surface area contributed by atoms with E-state index in [9.17, 15) is 35.5 Å². The van der Waals surface area contributed by atoms with E-state index in [4.69, 9.17) is 5.11 Å². The number of fused-ring (bicyclic) bond motifs is 1. The summed E-state index contributed by atoms with van der Waals surface area (Å²) in [7, 11) is -5.87. The quantitative estimate of drug-likeness (QED) is 0.818. The van der Waals surface area contributed by atoms with Gasteiger partial charge in [0, 0.05) is 18.6 Å². The maximum absolute atomic E-state index is 13.6. The molecule has 1 atom stereocenters. The van der Waals surface area contributed by atoms with Crippen molar-refractivity contribution in [3.63, 3.8) is 0 Å². The van der Waals surface area contributed by atoms with Crippen molar-refractivity contribution in [2.45, 2.75) is 35.3 Å². The van der Waals surface area contributed by atoms with Crippen molar-refractivity contribution < 1.29 is 40.6 Å². The molecule has 2 N–H and O–H groups in total. The molecular formula is C12H11F5O4S. The Morgan fingerprint density at radius 2 is 1.86 bits per heavy atom. The summed E-state index contributed by atoms with van der Waals surface area (Å²) in [5.74, 6) is -3.77. The van der Waals surface area contributed by atoms with Gasteiger partial charge in [-0.25, -0.2) is 17.2 Å². The zero-order chi connectivity index (χ0) is 16.9. The molecule has 0 heterocycles. The highest BCUT2D eigenvalue weighted by Crippen LogP contribution is 2.48. The van der Waals surface area contributed by atoms with Gasteiger partial charge < -0.3 is 10.2 Å². The van der Waals surface area contributed by atoms with Gasteiger partial charge >= 0.3 is 5.51 Å². The van der Waals surface area contributed by atoms with Crippen LogP contribution >= 0.6 is 0 Å². The lowest BCUT2D eigenvalue weighted by atomic mass is 10.0. The summed E-state index contributed by atoms with van der Waals surface area (Å²) in [6.07, 6.45) is -3.87. The summed E-state index contributed by atoms with van der Waals surface area (Å²) in [5.41, 5.74) is -6.89. The van der Waals surface area contributed by atoms with Gasteiger partial charge in [0.1, 0.15) is 6.10 Å². The van der Waals surface area contributed by atoms with Gasteiger partial charge in [0.25, 0.3) is 15.8 Å². The van der Waals surface area contributed by atoms with Crippen LogP contribution in [0.4, 0.5) is 22.0 Å². The maximum atomic E-state index is 13.6. The zero-order valence-corrected chi connectivity index (χ0v) is 11.7. The molecule has 0 aliphatic heterocycles. The van der Waals surface area contributed by atoms with Crippen molar-refractivity contribution in [3.8, 4) is 0 Å². The Bertz CT molecular complexity index is 696. The van der Waals surface area contributed by atoms with Crippen LogP contribution in [0.2, 0.25) is 0 Å². The number of sulfone groups is 1. The highest BCUT2D eigenvalue weighted by Gasteiger charge is 2.54.